The van der Waals surface area contributed by atoms with Crippen LogP contribution in [0.25, 0.3) is 0 Å². The number of nitrogens with one attached hydrogen (secondary N) is 1. The molecule has 1 N–H and O–H groups in total. The molecule has 2 aromatic carbocycles. The molecular weight excluding hydrogens is 383 g/mol. The molecule has 2 amide bonds. The van der Waals surface area contributed by atoms with E-state index in [1.165, 1.54) is 0 Å². The first kappa shape index (κ1) is 21.3. The van der Waals surface area contributed by atoms with Crippen LogP contribution in [0.3, 0.4) is 0 Å². The number of likely N-dealkylation sites (N-methyl/N-ethyl adjacent to an activating group) is 1. The zero-order valence-electron chi connectivity index (χ0n) is 15.5. The molecular formula is C21H24Cl2N2O2. The number of hydrogen-bond donors (Lipinski definition) is 1. The smallest absolute Gasteiger partial charge is 0.242 e. The van der Waals surface area contributed by atoms with E-state index < -0.39 is 6.04 Å². The molecule has 0 bridgehead atoms. The number of rotatable bonds is 8. The summed E-state index contributed by atoms with van der Waals surface area (Å²) in [7, 11) is 0. The second-order valence-electron chi connectivity index (χ2n) is 6.25. The van der Waals surface area contributed by atoms with Crippen LogP contribution in [0.5, 0.6) is 0 Å². The minimum absolute atomic E-state index is 0.106. The highest BCUT2D eigenvalue weighted by atomic mass is 35.5. The Labute approximate surface area is 170 Å². The van der Waals surface area contributed by atoms with Crippen LogP contribution in [0.2, 0.25) is 10.0 Å². The Hall–Kier alpha value is -2.04. The van der Waals surface area contributed by atoms with Crippen LogP contribution in [0.1, 0.15) is 31.4 Å². The molecule has 2 aromatic rings. The summed E-state index contributed by atoms with van der Waals surface area (Å²) in [6, 6.07) is 14.2. The van der Waals surface area contributed by atoms with Crippen LogP contribution >= 0.6 is 23.2 Å². The van der Waals surface area contributed by atoms with Gasteiger partial charge in [-0.05, 0) is 36.6 Å². The van der Waals surface area contributed by atoms with Gasteiger partial charge in [0.1, 0.15) is 6.04 Å². The molecule has 27 heavy (non-hydrogen) atoms. The van der Waals surface area contributed by atoms with Gasteiger partial charge in [0, 0.05) is 13.1 Å². The summed E-state index contributed by atoms with van der Waals surface area (Å²) in [5, 5.41) is 3.71. The fourth-order valence-electron chi connectivity index (χ4n) is 2.92. The summed E-state index contributed by atoms with van der Waals surface area (Å²) in [5.74, 6) is -0.258. The number of amides is 2. The van der Waals surface area contributed by atoms with E-state index >= 15 is 0 Å². The molecule has 2 rings (SSSR count). The number of halogens is 2. The molecule has 6 heteroatoms. The highest BCUT2D eigenvalue weighted by Gasteiger charge is 2.28. The van der Waals surface area contributed by atoms with Gasteiger partial charge in [-0.25, -0.2) is 0 Å². The average Bonchev–Trinajstić information content (AvgIpc) is 2.65. The molecule has 1 atom stereocenters. The zero-order valence-corrected chi connectivity index (χ0v) is 17.1. The van der Waals surface area contributed by atoms with Crippen molar-refractivity contribution in [2.75, 3.05) is 6.54 Å². The van der Waals surface area contributed by atoms with Crippen molar-refractivity contribution in [2.45, 2.75) is 39.3 Å². The normalized spacial score (nSPS) is 11.7. The lowest BCUT2D eigenvalue weighted by atomic mass is 10.1. The molecule has 4 nitrogen and oxygen atoms in total. The fourth-order valence-corrected chi connectivity index (χ4v) is 3.24. The van der Waals surface area contributed by atoms with Gasteiger partial charge in [-0.1, -0.05) is 66.5 Å². The Balaban J connectivity index is 2.29. The summed E-state index contributed by atoms with van der Waals surface area (Å²) in [6.07, 6.45) is 0.756. The number of hydrogen-bond acceptors (Lipinski definition) is 2. The maximum absolute atomic E-state index is 13.1. The molecule has 0 spiro atoms. The fraction of sp³-hybridized carbons (Fsp3) is 0.333. The van der Waals surface area contributed by atoms with E-state index in [1.54, 1.807) is 17.0 Å². The van der Waals surface area contributed by atoms with Crippen molar-refractivity contribution in [3.63, 3.8) is 0 Å². The van der Waals surface area contributed by atoms with Crippen LogP contribution < -0.4 is 5.32 Å². The maximum atomic E-state index is 13.1. The van der Waals surface area contributed by atoms with Crippen LogP contribution in [0.4, 0.5) is 0 Å². The first-order valence-corrected chi connectivity index (χ1v) is 9.76. The van der Waals surface area contributed by atoms with Gasteiger partial charge < -0.3 is 10.2 Å². The van der Waals surface area contributed by atoms with E-state index in [9.17, 15) is 9.59 Å². The molecule has 0 heterocycles. The quantitative estimate of drug-likeness (QED) is 0.702. The SMILES string of the molecule is CCNC(=O)C(CC)N(Cc1ccc(Cl)c(Cl)c1)C(=O)Cc1ccccc1. The molecule has 0 aliphatic heterocycles. The van der Waals surface area contributed by atoms with Gasteiger partial charge in [0.15, 0.2) is 0 Å². The van der Waals surface area contributed by atoms with Crippen LogP contribution in [-0.4, -0.2) is 29.3 Å². The summed E-state index contributed by atoms with van der Waals surface area (Å²) in [6.45, 7) is 4.57. The molecule has 1 unspecified atom stereocenters. The molecule has 144 valence electrons. The van der Waals surface area contributed by atoms with Gasteiger partial charge >= 0.3 is 0 Å². The van der Waals surface area contributed by atoms with E-state index in [1.807, 2.05) is 50.2 Å². The van der Waals surface area contributed by atoms with Gasteiger partial charge in [0.2, 0.25) is 11.8 Å². The summed E-state index contributed by atoms with van der Waals surface area (Å²) in [4.78, 5) is 27.2. The van der Waals surface area contributed by atoms with Crippen molar-refractivity contribution >= 4 is 35.0 Å². The van der Waals surface area contributed by atoms with Crippen molar-refractivity contribution < 1.29 is 9.59 Å². The number of carbonyl (C=O) groups excluding carboxylic acids is 2. The second kappa shape index (κ2) is 10.3. The largest absolute Gasteiger partial charge is 0.355 e. The van der Waals surface area contributed by atoms with Crippen molar-refractivity contribution in [3.8, 4) is 0 Å². The van der Waals surface area contributed by atoms with Gasteiger partial charge in [0.25, 0.3) is 0 Å². The third-order valence-electron chi connectivity index (χ3n) is 4.27. The molecule has 0 aromatic heterocycles. The maximum Gasteiger partial charge on any atom is 0.242 e. The van der Waals surface area contributed by atoms with Gasteiger partial charge in [-0.3, -0.25) is 9.59 Å². The minimum Gasteiger partial charge on any atom is -0.355 e. The first-order valence-electron chi connectivity index (χ1n) is 9.01. The van der Waals surface area contributed by atoms with Crippen molar-refractivity contribution in [1.29, 1.82) is 0 Å². The van der Waals surface area contributed by atoms with Gasteiger partial charge in [-0.15, -0.1) is 0 Å². The second-order valence-corrected chi connectivity index (χ2v) is 7.07. The van der Waals surface area contributed by atoms with Crippen molar-refractivity contribution in [3.05, 3.63) is 69.7 Å². The standard InChI is InChI=1S/C21H24Cl2N2O2/c1-3-19(21(27)24-4-2)25(14-16-10-11-17(22)18(23)12-16)20(26)13-15-8-6-5-7-9-15/h5-12,19H,3-4,13-14H2,1-2H3,(H,24,27). The Morgan fingerprint density at radius 1 is 1.00 bits per heavy atom. The van der Waals surface area contributed by atoms with E-state index in [-0.39, 0.29) is 24.8 Å². The molecule has 0 aliphatic carbocycles. The average molecular weight is 407 g/mol. The Kier molecular flexibility index (Phi) is 8.14. The highest BCUT2D eigenvalue weighted by Crippen LogP contribution is 2.24. The number of nitrogens with zero attached hydrogens (tertiary/aromatic N) is 1. The van der Waals surface area contributed by atoms with E-state index in [0.717, 1.165) is 11.1 Å². The lowest BCUT2D eigenvalue weighted by Crippen LogP contribution is -2.49. The van der Waals surface area contributed by atoms with Crippen molar-refractivity contribution in [1.82, 2.24) is 10.2 Å². The predicted octanol–water partition coefficient (Wildman–Crippen LogP) is 4.48. The van der Waals surface area contributed by atoms with E-state index in [4.69, 9.17) is 23.2 Å². The summed E-state index contributed by atoms with van der Waals surface area (Å²) >= 11 is 12.1. The number of carbonyl (C=O) groups is 2. The summed E-state index contributed by atoms with van der Waals surface area (Å²) in [5.41, 5.74) is 1.74. The van der Waals surface area contributed by atoms with Crippen LogP contribution in [0, 0.1) is 0 Å². The Bertz CT molecular complexity index is 781. The third kappa shape index (κ3) is 5.98. The molecule has 0 saturated carbocycles. The topological polar surface area (TPSA) is 49.4 Å². The molecule has 0 aliphatic rings. The minimum atomic E-state index is -0.546. The van der Waals surface area contributed by atoms with E-state index in [0.29, 0.717) is 23.0 Å². The Morgan fingerprint density at radius 2 is 1.70 bits per heavy atom. The first-order chi connectivity index (χ1) is 13.0. The molecule has 0 fully saturated rings. The van der Waals surface area contributed by atoms with Crippen LogP contribution in [0.15, 0.2) is 48.5 Å². The predicted molar refractivity (Wildman–Crippen MR) is 110 cm³/mol. The number of benzene rings is 2. The van der Waals surface area contributed by atoms with Crippen molar-refractivity contribution in [2.24, 2.45) is 0 Å². The zero-order chi connectivity index (χ0) is 19.8. The van der Waals surface area contributed by atoms with Gasteiger partial charge in [0.05, 0.1) is 16.5 Å². The van der Waals surface area contributed by atoms with Crippen LogP contribution in [-0.2, 0) is 22.6 Å². The lowest BCUT2D eigenvalue weighted by Gasteiger charge is -2.30. The third-order valence-corrected chi connectivity index (χ3v) is 5.01. The molecule has 0 saturated heterocycles. The lowest BCUT2D eigenvalue weighted by molar-refractivity contribution is -0.140. The summed E-state index contributed by atoms with van der Waals surface area (Å²) < 4.78 is 0. The molecule has 0 radical (unpaired) electrons. The highest BCUT2D eigenvalue weighted by molar-refractivity contribution is 6.42. The van der Waals surface area contributed by atoms with E-state index in [2.05, 4.69) is 5.32 Å². The monoisotopic (exact) mass is 406 g/mol. The van der Waals surface area contributed by atoms with Gasteiger partial charge in [-0.2, -0.15) is 0 Å². The Morgan fingerprint density at radius 3 is 2.30 bits per heavy atom.